The van der Waals surface area contributed by atoms with Crippen molar-refractivity contribution >= 4 is 5.97 Å². The largest absolute Gasteiger partial charge is 0.481 e. The maximum absolute atomic E-state index is 13.3. The smallest absolute Gasteiger partial charge is 0.416 e. The molecule has 0 spiro atoms. The van der Waals surface area contributed by atoms with Crippen LogP contribution in [0, 0.1) is 0 Å². The number of halogens is 3. The Labute approximate surface area is 214 Å². The van der Waals surface area contributed by atoms with Gasteiger partial charge in [0.1, 0.15) is 0 Å². The Hall–Kier alpha value is -3.90. The van der Waals surface area contributed by atoms with E-state index < -0.39 is 23.8 Å². The van der Waals surface area contributed by atoms with Gasteiger partial charge in [-0.05, 0) is 52.9 Å². The van der Waals surface area contributed by atoms with Crippen molar-refractivity contribution in [1.82, 2.24) is 4.90 Å². The van der Waals surface area contributed by atoms with Gasteiger partial charge in [0.25, 0.3) is 0 Å². The second-order valence-electron chi connectivity index (χ2n) is 9.06. The van der Waals surface area contributed by atoms with Crippen LogP contribution in [0.3, 0.4) is 0 Å². The van der Waals surface area contributed by atoms with Gasteiger partial charge < -0.3 is 5.11 Å². The highest BCUT2D eigenvalue weighted by Crippen LogP contribution is 2.37. The maximum atomic E-state index is 13.3. The molecule has 0 saturated heterocycles. The summed E-state index contributed by atoms with van der Waals surface area (Å²) >= 11 is 0. The third-order valence-electron chi connectivity index (χ3n) is 6.55. The lowest BCUT2D eigenvalue weighted by Gasteiger charge is -2.37. The van der Waals surface area contributed by atoms with Crippen molar-refractivity contribution in [3.8, 4) is 11.1 Å². The number of hydrogen-bond donors (Lipinski definition) is 1. The average Bonchev–Trinajstić information content (AvgIpc) is 2.91. The summed E-state index contributed by atoms with van der Waals surface area (Å²) in [4.78, 5) is 14.2. The fraction of sp³-hybridized carbons (Fsp3) is 0.194. The van der Waals surface area contributed by atoms with Gasteiger partial charge in [0.15, 0.2) is 0 Å². The van der Waals surface area contributed by atoms with E-state index in [1.807, 2.05) is 73.7 Å². The number of carboxylic acids is 1. The van der Waals surface area contributed by atoms with E-state index in [-0.39, 0.29) is 12.5 Å². The molecule has 0 fully saturated rings. The zero-order valence-corrected chi connectivity index (χ0v) is 20.4. The molecule has 4 aromatic carbocycles. The van der Waals surface area contributed by atoms with Crippen LogP contribution in [0.2, 0.25) is 0 Å². The minimum atomic E-state index is -4.45. The molecule has 190 valence electrons. The van der Waals surface area contributed by atoms with Gasteiger partial charge in [0.2, 0.25) is 0 Å². The quantitative estimate of drug-likeness (QED) is 0.251. The van der Waals surface area contributed by atoms with Gasteiger partial charge in [-0.2, -0.15) is 13.2 Å². The highest BCUT2D eigenvalue weighted by Gasteiger charge is 2.31. The molecule has 0 bridgehead atoms. The first kappa shape index (κ1) is 26.2. The summed E-state index contributed by atoms with van der Waals surface area (Å²) in [6.07, 6.45) is -4.60. The van der Waals surface area contributed by atoms with E-state index in [2.05, 4.69) is 4.90 Å². The van der Waals surface area contributed by atoms with Crippen LogP contribution in [0.1, 0.15) is 47.7 Å². The number of rotatable bonds is 9. The van der Waals surface area contributed by atoms with Crippen LogP contribution in [0.5, 0.6) is 0 Å². The molecule has 0 aliphatic heterocycles. The average molecular weight is 504 g/mol. The summed E-state index contributed by atoms with van der Waals surface area (Å²) < 4.78 is 40.0. The summed E-state index contributed by atoms with van der Waals surface area (Å²) in [7, 11) is 0. The second kappa shape index (κ2) is 11.4. The van der Waals surface area contributed by atoms with Gasteiger partial charge in [0.05, 0.1) is 12.0 Å². The Morgan fingerprint density at radius 3 is 1.97 bits per heavy atom. The van der Waals surface area contributed by atoms with Crippen LogP contribution in [-0.4, -0.2) is 16.0 Å². The summed E-state index contributed by atoms with van der Waals surface area (Å²) in [5.74, 6) is -0.951. The summed E-state index contributed by atoms with van der Waals surface area (Å²) in [5, 5.41) is 9.87. The van der Waals surface area contributed by atoms with E-state index >= 15 is 0 Å². The van der Waals surface area contributed by atoms with Crippen LogP contribution >= 0.6 is 0 Å². The van der Waals surface area contributed by atoms with Gasteiger partial charge in [-0.25, -0.2) is 0 Å². The molecule has 2 atom stereocenters. The topological polar surface area (TPSA) is 40.5 Å². The number of carbonyl (C=O) groups is 1. The zero-order chi connectivity index (χ0) is 26.4. The number of hydrogen-bond acceptors (Lipinski definition) is 2. The molecule has 0 saturated carbocycles. The predicted molar refractivity (Wildman–Crippen MR) is 139 cm³/mol. The van der Waals surface area contributed by atoms with Crippen molar-refractivity contribution in [3.63, 3.8) is 0 Å². The van der Waals surface area contributed by atoms with E-state index in [1.165, 1.54) is 6.07 Å². The molecule has 37 heavy (non-hydrogen) atoms. The molecule has 0 aliphatic carbocycles. The van der Waals surface area contributed by atoms with E-state index in [0.717, 1.165) is 28.8 Å². The van der Waals surface area contributed by atoms with Crippen LogP contribution in [0.4, 0.5) is 13.2 Å². The number of aliphatic carboxylic acids is 1. The second-order valence-corrected chi connectivity index (χ2v) is 9.06. The van der Waals surface area contributed by atoms with Crippen LogP contribution in [0.25, 0.3) is 11.1 Å². The summed E-state index contributed by atoms with van der Waals surface area (Å²) in [5.41, 5.74) is 3.12. The fourth-order valence-electron chi connectivity index (χ4n) is 4.63. The first-order valence-corrected chi connectivity index (χ1v) is 12.1. The lowest BCUT2D eigenvalue weighted by molar-refractivity contribution is -0.139. The van der Waals surface area contributed by atoms with Gasteiger partial charge in [-0.1, -0.05) is 91.0 Å². The SMILES string of the molecule is C[C@H](c1ccccc1)N(Cc1ccccc1)C(CC(=O)O)c1cccc(-c2cccc(C(F)(F)F)c2)c1. The lowest BCUT2D eigenvalue weighted by Crippen LogP contribution is -2.32. The molecular weight excluding hydrogens is 475 g/mol. The third kappa shape index (κ3) is 6.66. The molecule has 0 aliphatic rings. The van der Waals surface area contributed by atoms with Gasteiger partial charge in [-0.15, -0.1) is 0 Å². The zero-order valence-electron chi connectivity index (χ0n) is 20.4. The van der Waals surface area contributed by atoms with E-state index in [0.29, 0.717) is 17.7 Å². The highest BCUT2D eigenvalue weighted by atomic mass is 19.4. The van der Waals surface area contributed by atoms with Crippen molar-refractivity contribution in [2.75, 3.05) is 0 Å². The molecule has 1 N–H and O–H groups in total. The molecule has 4 aromatic rings. The van der Waals surface area contributed by atoms with Gasteiger partial charge in [0, 0.05) is 18.6 Å². The first-order valence-electron chi connectivity index (χ1n) is 12.1. The van der Waals surface area contributed by atoms with Crippen molar-refractivity contribution in [2.24, 2.45) is 0 Å². The standard InChI is InChI=1S/C31H28F3NO2/c1-22(24-12-6-3-7-13-24)35(21-23-10-4-2-5-11-23)29(20-30(36)37)27-16-8-14-25(18-27)26-15-9-17-28(19-26)31(32,33)34/h2-19,22,29H,20-21H2,1H3,(H,36,37)/t22-,29?/m1/s1. The lowest BCUT2D eigenvalue weighted by atomic mass is 9.93. The normalized spacial score (nSPS) is 13.3. The minimum absolute atomic E-state index is 0.122. The number of carboxylic acid groups (broad SMARTS) is 1. The monoisotopic (exact) mass is 503 g/mol. The van der Waals surface area contributed by atoms with Crippen molar-refractivity contribution in [3.05, 3.63) is 131 Å². The molecule has 0 radical (unpaired) electrons. The van der Waals surface area contributed by atoms with E-state index in [1.54, 1.807) is 24.3 Å². The molecule has 3 nitrogen and oxygen atoms in total. The number of benzene rings is 4. The molecule has 0 aromatic heterocycles. The molecule has 1 unspecified atom stereocenters. The van der Waals surface area contributed by atoms with Crippen molar-refractivity contribution in [2.45, 2.75) is 38.1 Å². The first-order chi connectivity index (χ1) is 17.7. The molecule has 0 heterocycles. The number of nitrogens with zero attached hydrogens (tertiary/aromatic N) is 1. The van der Waals surface area contributed by atoms with Crippen molar-refractivity contribution < 1.29 is 23.1 Å². The Morgan fingerprint density at radius 2 is 1.35 bits per heavy atom. The third-order valence-corrected chi connectivity index (χ3v) is 6.55. The maximum Gasteiger partial charge on any atom is 0.416 e. The van der Waals surface area contributed by atoms with Gasteiger partial charge in [-0.3, -0.25) is 9.69 Å². The minimum Gasteiger partial charge on any atom is -0.481 e. The summed E-state index contributed by atoms with van der Waals surface area (Å²) in [6, 6.07) is 31.4. The molecule has 4 rings (SSSR count). The Morgan fingerprint density at radius 1 is 0.784 bits per heavy atom. The van der Waals surface area contributed by atoms with Crippen molar-refractivity contribution in [1.29, 1.82) is 0 Å². The van der Waals surface area contributed by atoms with Crippen LogP contribution < -0.4 is 0 Å². The Kier molecular flexibility index (Phi) is 8.09. The highest BCUT2D eigenvalue weighted by molar-refractivity contribution is 5.69. The van der Waals surface area contributed by atoms with Gasteiger partial charge >= 0.3 is 12.1 Å². The Balaban J connectivity index is 1.78. The molecule has 6 heteroatoms. The number of alkyl halides is 3. The van der Waals surface area contributed by atoms with Crippen LogP contribution in [-0.2, 0) is 17.5 Å². The van der Waals surface area contributed by atoms with Crippen LogP contribution in [0.15, 0.2) is 109 Å². The fourth-order valence-corrected chi connectivity index (χ4v) is 4.63. The molecule has 0 amide bonds. The molecular formula is C31H28F3NO2. The van der Waals surface area contributed by atoms with E-state index in [9.17, 15) is 23.1 Å². The summed E-state index contributed by atoms with van der Waals surface area (Å²) in [6.45, 7) is 2.55. The van der Waals surface area contributed by atoms with E-state index in [4.69, 9.17) is 0 Å². The predicted octanol–water partition coefficient (Wildman–Crippen LogP) is 8.15. The Bertz CT molecular complexity index is 1320.